The summed E-state index contributed by atoms with van der Waals surface area (Å²) in [5.74, 6) is -1.07. The summed E-state index contributed by atoms with van der Waals surface area (Å²) < 4.78 is 5.78. The summed E-state index contributed by atoms with van der Waals surface area (Å²) in [6, 6.07) is 4.40. The summed E-state index contributed by atoms with van der Waals surface area (Å²) in [5.41, 5.74) is -1.54. The molecule has 1 unspecified atom stereocenters. The molecule has 0 saturated heterocycles. The number of hydrogen-bond acceptors (Lipinski definition) is 5. The first-order chi connectivity index (χ1) is 9.31. The molecule has 0 aliphatic carbocycles. The van der Waals surface area contributed by atoms with Gasteiger partial charge in [0, 0.05) is 6.07 Å². The second kappa shape index (κ2) is 6.67. The van der Waals surface area contributed by atoms with E-state index in [1.807, 2.05) is 0 Å². The van der Waals surface area contributed by atoms with Gasteiger partial charge in [0.25, 0.3) is 0 Å². The van der Waals surface area contributed by atoms with E-state index >= 15 is 0 Å². The van der Waals surface area contributed by atoms with Crippen LogP contribution in [0.2, 0.25) is 0 Å². The van der Waals surface area contributed by atoms with Gasteiger partial charge in [0.15, 0.2) is 0 Å². The van der Waals surface area contributed by atoms with Crippen molar-refractivity contribution < 1.29 is 19.6 Å². The van der Waals surface area contributed by atoms with Gasteiger partial charge in [0.05, 0.1) is 9.40 Å². The van der Waals surface area contributed by atoms with Crippen LogP contribution in [-0.4, -0.2) is 34.7 Å². The molecule has 0 spiro atoms. The van der Waals surface area contributed by atoms with Crippen LogP contribution in [0.1, 0.15) is 13.8 Å². The van der Waals surface area contributed by atoms with Crippen LogP contribution in [0.15, 0.2) is 22.7 Å². The van der Waals surface area contributed by atoms with Gasteiger partial charge >= 0.3 is 11.7 Å². The molecule has 0 aliphatic heterocycles. The third-order valence-corrected chi connectivity index (χ3v) is 3.31. The fraction of sp³-hybridized carbons (Fsp3) is 0.417. The molecular weight excluding hydrogens is 332 g/mol. The van der Waals surface area contributed by atoms with Gasteiger partial charge in [-0.1, -0.05) is 13.0 Å². The Kier molecular flexibility index (Phi) is 5.46. The van der Waals surface area contributed by atoms with Crippen LogP contribution in [-0.2, 0) is 4.79 Å². The zero-order valence-corrected chi connectivity index (χ0v) is 12.6. The Hall–Kier alpha value is -1.67. The number of rotatable bonds is 7. The number of halogens is 1. The molecule has 0 saturated carbocycles. The molecule has 0 amide bonds. The average molecular weight is 347 g/mol. The number of carbonyl (C=O) groups is 1. The lowest BCUT2D eigenvalue weighted by Crippen LogP contribution is -2.53. The number of hydrogen-bond donors (Lipinski definition) is 2. The van der Waals surface area contributed by atoms with Crippen LogP contribution < -0.4 is 10.1 Å². The fourth-order valence-electron chi connectivity index (χ4n) is 1.58. The minimum Gasteiger partial charge on any atom is -0.483 e. The average Bonchev–Trinajstić information content (AvgIpc) is 2.37. The number of aliphatic carboxylic acids is 1. The maximum atomic E-state index is 11.2. The van der Waals surface area contributed by atoms with E-state index in [-0.39, 0.29) is 18.0 Å². The third kappa shape index (κ3) is 3.67. The van der Waals surface area contributed by atoms with Crippen molar-refractivity contribution in [3.63, 3.8) is 0 Å². The summed E-state index contributed by atoms with van der Waals surface area (Å²) in [5, 5.41) is 22.9. The Labute approximate surface area is 124 Å². The number of para-hydroxylation sites is 1. The Morgan fingerprint density at radius 2 is 2.25 bits per heavy atom. The van der Waals surface area contributed by atoms with Crippen molar-refractivity contribution in [1.82, 2.24) is 5.32 Å². The normalized spacial score (nSPS) is 13.6. The van der Waals surface area contributed by atoms with E-state index < -0.39 is 16.4 Å². The molecule has 0 heterocycles. The van der Waals surface area contributed by atoms with Crippen LogP contribution in [0, 0.1) is 10.1 Å². The smallest absolute Gasteiger partial charge is 0.327 e. The van der Waals surface area contributed by atoms with Crippen molar-refractivity contribution in [1.29, 1.82) is 0 Å². The Morgan fingerprint density at radius 1 is 1.60 bits per heavy atom. The molecule has 20 heavy (non-hydrogen) atoms. The van der Waals surface area contributed by atoms with E-state index in [9.17, 15) is 20.0 Å². The minimum absolute atomic E-state index is 0.0166. The minimum atomic E-state index is -1.32. The summed E-state index contributed by atoms with van der Waals surface area (Å²) in [7, 11) is 0. The van der Waals surface area contributed by atoms with E-state index in [0.29, 0.717) is 11.0 Å². The lowest BCUT2D eigenvalue weighted by molar-refractivity contribution is -0.386. The van der Waals surface area contributed by atoms with Gasteiger partial charge in [-0.25, -0.2) is 0 Å². The molecule has 8 heteroatoms. The van der Waals surface area contributed by atoms with Gasteiger partial charge in [0.1, 0.15) is 12.1 Å². The van der Waals surface area contributed by atoms with E-state index in [0.717, 1.165) is 0 Å². The van der Waals surface area contributed by atoms with Crippen molar-refractivity contribution in [2.45, 2.75) is 19.4 Å². The second-order valence-electron chi connectivity index (χ2n) is 4.30. The third-order valence-electron chi connectivity index (χ3n) is 2.69. The predicted molar refractivity (Wildman–Crippen MR) is 76.0 cm³/mol. The first-order valence-electron chi connectivity index (χ1n) is 5.86. The molecule has 0 radical (unpaired) electrons. The number of nitrogens with one attached hydrogen (secondary N) is 1. The van der Waals surface area contributed by atoms with Gasteiger partial charge in [-0.3, -0.25) is 20.2 Å². The SMILES string of the molecule is CCNC(C)(COc1c(Br)cccc1[N+](=O)[O-])C(=O)O. The highest BCUT2D eigenvalue weighted by Crippen LogP contribution is 2.35. The lowest BCUT2D eigenvalue weighted by atomic mass is 10.0. The highest BCUT2D eigenvalue weighted by Gasteiger charge is 2.34. The standard InChI is InChI=1S/C12H15BrN2O5/c1-3-14-12(2,11(16)17)7-20-10-8(13)5-4-6-9(10)15(18)19/h4-6,14H,3,7H2,1-2H3,(H,16,17). The first-order valence-corrected chi connectivity index (χ1v) is 6.65. The zero-order valence-electron chi connectivity index (χ0n) is 11.1. The van der Waals surface area contributed by atoms with Gasteiger partial charge in [-0.15, -0.1) is 0 Å². The van der Waals surface area contributed by atoms with Crippen molar-refractivity contribution in [2.24, 2.45) is 0 Å². The molecule has 7 nitrogen and oxygen atoms in total. The van der Waals surface area contributed by atoms with E-state index in [1.165, 1.54) is 19.1 Å². The second-order valence-corrected chi connectivity index (χ2v) is 5.16. The monoisotopic (exact) mass is 346 g/mol. The molecule has 110 valence electrons. The maximum absolute atomic E-state index is 11.2. The fourth-order valence-corrected chi connectivity index (χ4v) is 2.05. The van der Waals surface area contributed by atoms with E-state index in [1.54, 1.807) is 13.0 Å². The Balaban J connectivity index is 2.99. The summed E-state index contributed by atoms with van der Waals surface area (Å²) >= 11 is 3.16. The molecule has 1 rings (SSSR count). The van der Waals surface area contributed by atoms with Crippen LogP contribution in [0.4, 0.5) is 5.69 Å². The van der Waals surface area contributed by atoms with Crippen molar-refractivity contribution >= 4 is 27.6 Å². The number of likely N-dealkylation sites (N-methyl/N-ethyl adjacent to an activating group) is 1. The number of nitro groups is 1. The maximum Gasteiger partial charge on any atom is 0.327 e. The Morgan fingerprint density at radius 3 is 2.75 bits per heavy atom. The van der Waals surface area contributed by atoms with E-state index in [2.05, 4.69) is 21.2 Å². The number of carboxylic acids is 1. The van der Waals surface area contributed by atoms with Gasteiger partial charge < -0.3 is 9.84 Å². The van der Waals surface area contributed by atoms with Crippen LogP contribution >= 0.6 is 15.9 Å². The lowest BCUT2D eigenvalue weighted by Gasteiger charge is -2.25. The van der Waals surface area contributed by atoms with Crippen LogP contribution in [0.5, 0.6) is 5.75 Å². The molecule has 1 aromatic carbocycles. The summed E-state index contributed by atoms with van der Waals surface area (Å²) in [4.78, 5) is 21.6. The first kappa shape index (κ1) is 16.4. The largest absolute Gasteiger partial charge is 0.483 e. The van der Waals surface area contributed by atoms with Gasteiger partial charge in [-0.2, -0.15) is 0 Å². The predicted octanol–water partition coefficient (Wildman–Crippen LogP) is 2.19. The van der Waals surface area contributed by atoms with Gasteiger partial charge in [0.2, 0.25) is 5.75 Å². The van der Waals surface area contributed by atoms with E-state index in [4.69, 9.17) is 4.74 Å². The topological polar surface area (TPSA) is 102 Å². The molecule has 1 atom stereocenters. The molecule has 0 aromatic heterocycles. The molecular formula is C12H15BrN2O5. The number of carboxylic acid groups (broad SMARTS) is 1. The molecule has 0 bridgehead atoms. The van der Waals surface area contributed by atoms with Crippen molar-refractivity contribution in [3.05, 3.63) is 32.8 Å². The molecule has 1 aromatic rings. The van der Waals surface area contributed by atoms with Crippen molar-refractivity contribution in [2.75, 3.05) is 13.2 Å². The summed E-state index contributed by atoms with van der Waals surface area (Å²) in [6.45, 7) is 3.42. The zero-order chi connectivity index (χ0) is 15.3. The highest BCUT2D eigenvalue weighted by molar-refractivity contribution is 9.10. The van der Waals surface area contributed by atoms with Gasteiger partial charge in [-0.05, 0) is 35.5 Å². The van der Waals surface area contributed by atoms with Crippen molar-refractivity contribution in [3.8, 4) is 5.75 Å². The molecule has 2 N–H and O–H groups in total. The highest BCUT2D eigenvalue weighted by atomic mass is 79.9. The van der Waals surface area contributed by atoms with Crippen LogP contribution in [0.3, 0.4) is 0 Å². The number of nitro benzene ring substituents is 1. The number of nitrogens with zero attached hydrogens (tertiary/aromatic N) is 1. The number of ether oxygens (including phenoxy) is 1. The number of benzene rings is 1. The Bertz CT molecular complexity index is 523. The molecule has 0 fully saturated rings. The molecule has 0 aliphatic rings. The summed E-state index contributed by atoms with van der Waals surface area (Å²) in [6.07, 6.45) is 0. The quantitative estimate of drug-likeness (QED) is 0.579. The van der Waals surface area contributed by atoms with Crippen LogP contribution in [0.25, 0.3) is 0 Å².